The molecule has 0 unspecified atom stereocenters. The predicted molar refractivity (Wildman–Crippen MR) is 74.1 cm³/mol. The average molecular weight is 282 g/mol. The number of thiazole rings is 1. The van der Waals surface area contributed by atoms with E-state index in [-0.39, 0.29) is 12.4 Å². The fraction of sp³-hybridized carbons (Fsp3) is 0.333. The Morgan fingerprint density at radius 2 is 2.39 bits per heavy atom. The van der Waals surface area contributed by atoms with Crippen LogP contribution in [0.1, 0.15) is 17.5 Å². The molecule has 0 fully saturated rings. The zero-order chi connectivity index (χ0) is 12.8. The van der Waals surface area contributed by atoms with Gasteiger partial charge in [0.25, 0.3) is 0 Å². The highest BCUT2D eigenvalue weighted by atomic mass is 32.1. The van der Waals surface area contributed by atoms with Gasteiger partial charge in [-0.2, -0.15) is 0 Å². The van der Waals surface area contributed by atoms with E-state index >= 15 is 0 Å². The number of hydrogen-bond acceptors (Lipinski definition) is 6. The third kappa shape index (κ3) is 3.82. The van der Waals surface area contributed by atoms with Crippen LogP contribution >= 0.6 is 22.7 Å². The van der Waals surface area contributed by atoms with Crippen molar-refractivity contribution in [1.82, 2.24) is 4.98 Å². The van der Waals surface area contributed by atoms with Crippen molar-refractivity contribution in [3.05, 3.63) is 33.5 Å². The van der Waals surface area contributed by atoms with Gasteiger partial charge in [-0.15, -0.1) is 22.7 Å². The van der Waals surface area contributed by atoms with Gasteiger partial charge in [0.2, 0.25) is 0 Å². The van der Waals surface area contributed by atoms with Crippen LogP contribution in [0.4, 0.5) is 5.13 Å². The minimum absolute atomic E-state index is 0.229. The summed E-state index contributed by atoms with van der Waals surface area (Å²) in [6.07, 6.45) is 0.241. The fourth-order valence-corrected chi connectivity index (χ4v) is 2.76. The summed E-state index contributed by atoms with van der Waals surface area (Å²) in [5, 5.41) is 8.00. The van der Waals surface area contributed by atoms with Gasteiger partial charge in [0.1, 0.15) is 0 Å². The number of nitrogens with one attached hydrogen (secondary N) is 1. The summed E-state index contributed by atoms with van der Waals surface area (Å²) in [5.41, 5.74) is 0.757. The number of esters is 1. The largest absolute Gasteiger partial charge is 0.466 e. The Labute approximate surface area is 114 Å². The molecule has 2 heterocycles. The van der Waals surface area contributed by atoms with Crippen LogP contribution in [0.3, 0.4) is 0 Å². The number of anilines is 1. The molecule has 0 spiro atoms. The van der Waals surface area contributed by atoms with Crippen molar-refractivity contribution in [2.24, 2.45) is 0 Å². The molecule has 0 saturated heterocycles. The molecule has 0 radical (unpaired) electrons. The lowest BCUT2D eigenvalue weighted by molar-refractivity contribution is -0.142. The lowest BCUT2D eigenvalue weighted by Crippen LogP contribution is -2.07. The van der Waals surface area contributed by atoms with E-state index in [0.717, 1.165) is 17.4 Å². The Bertz CT molecular complexity index is 494. The highest BCUT2D eigenvalue weighted by molar-refractivity contribution is 7.13. The Balaban J connectivity index is 1.84. The molecule has 2 aromatic heterocycles. The number of nitrogens with zero attached hydrogens (tertiary/aromatic N) is 1. The maximum Gasteiger partial charge on any atom is 0.311 e. The van der Waals surface area contributed by atoms with Crippen LogP contribution in [0.25, 0.3) is 0 Å². The van der Waals surface area contributed by atoms with Crippen LogP contribution in [0, 0.1) is 0 Å². The number of carbonyl (C=O) groups excluding carboxylic acids is 1. The summed E-state index contributed by atoms with van der Waals surface area (Å²) in [5.74, 6) is -0.229. The topological polar surface area (TPSA) is 51.2 Å². The zero-order valence-electron chi connectivity index (χ0n) is 10.0. The normalized spacial score (nSPS) is 10.3. The van der Waals surface area contributed by atoms with Crippen LogP contribution in [-0.2, 0) is 22.5 Å². The average Bonchev–Trinajstić information content (AvgIpc) is 2.97. The van der Waals surface area contributed by atoms with Crippen molar-refractivity contribution in [2.45, 2.75) is 19.9 Å². The second kappa shape index (κ2) is 6.51. The number of ether oxygens (including phenoxy) is 1. The highest BCUT2D eigenvalue weighted by Crippen LogP contribution is 2.18. The maximum absolute atomic E-state index is 11.3. The molecule has 0 aliphatic rings. The summed E-state index contributed by atoms with van der Waals surface area (Å²) in [7, 11) is 0. The minimum atomic E-state index is -0.229. The summed E-state index contributed by atoms with van der Waals surface area (Å²) in [6.45, 7) is 2.98. The van der Waals surface area contributed by atoms with Gasteiger partial charge in [0, 0.05) is 10.3 Å². The summed E-state index contributed by atoms with van der Waals surface area (Å²) in [6, 6.07) is 4.10. The van der Waals surface area contributed by atoms with Gasteiger partial charge >= 0.3 is 5.97 Å². The molecule has 96 valence electrons. The quantitative estimate of drug-likeness (QED) is 0.828. The molecule has 6 heteroatoms. The summed E-state index contributed by atoms with van der Waals surface area (Å²) < 4.78 is 4.88. The Hall–Kier alpha value is -1.40. The Morgan fingerprint density at radius 3 is 3.11 bits per heavy atom. The van der Waals surface area contributed by atoms with E-state index < -0.39 is 0 Å². The standard InChI is InChI=1S/C12H14N2O2S2/c1-2-16-11(15)6-9-8-18-12(14-9)13-7-10-4-3-5-17-10/h3-5,8H,2,6-7H2,1H3,(H,13,14). The van der Waals surface area contributed by atoms with Gasteiger partial charge in [-0.05, 0) is 18.4 Å². The minimum Gasteiger partial charge on any atom is -0.466 e. The second-order valence-corrected chi connectivity index (χ2v) is 5.45. The van der Waals surface area contributed by atoms with Crippen LogP contribution in [0.15, 0.2) is 22.9 Å². The predicted octanol–water partition coefficient (Wildman–Crippen LogP) is 2.92. The third-order valence-corrected chi connectivity index (χ3v) is 3.90. The SMILES string of the molecule is CCOC(=O)Cc1csc(NCc2cccs2)n1. The van der Waals surface area contributed by atoms with E-state index in [2.05, 4.69) is 16.4 Å². The van der Waals surface area contributed by atoms with Crippen LogP contribution in [0.2, 0.25) is 0 Å². The molecular formula is C12H14N2O2S2. The molecule has 2 aromatic rings. The van der Waals surface area contributed by atoms with Gasteiger partial charge in [0.15, 0.2) is 5.13 Å². The van der Waals surface area contributed by atoms with Gasteiger partial charge in [-0.25, -0.2) is 4.98 Å². The van der Waals surface area contributed by atoms with Gasteiger partial charge in [-0.3, -0.25) is 4.79 Å². The van der Waals surface area contributed by atoms with E-state index in [1.165, 1.54) is 16.2 Å². The van der Waals surface area contributed by atoms with Gasteiger partial charge in [-0.1, -0.05) is 6.07 Å². The molecule has 0 aromatic carbocycles. The lowest BCUT2D eigenvalue weighted by Gasteiger charge is -1.99. The zero-order valence-corrected chi connectivity index (χ0v) is 11.6. The summed E-state index contributed by atoms with van der Waals surface area (Å²) >= 11 is 3.21. The molecule has 0 aliphatic carbocycles. The molecule has 0 amide bonds. The van der Waals surface area contributed by atoms with Crippen LogP contribution < -0.4 is 5.32 Å². The van der Waals surface area contributed by atoms with Crippen molar-refractivity contribution < 1.29 is 9.53 Å². The molecule has 4 nitrogen and oxygen atoms in total. The molecule has 0 atom stereocenters. The number of rotatable bonds is 6. The molecule has 18 heavy (non-hydrogen) atoms. The molecule has 1 N–H and O–H groups in total. The Kier molecular flexibility index (Phi) is 4.72. The highest BCUT2D eigenvalue weighted by Gasteiger charge is 2.08. The first-order chi connectivity index (χ1) is 8.78. The van der Waals surface area contributed by atoms with E-state index in [0.29, 0.717) is 6.61 Å². The molecule has 0 aliphatic heterocycles. The van der Waals surface area contributed by atoms with Crippen molar-refractivity contribution in [3.8, 4) is 0 Å². The molecule has 0 saturated carbocycles. The monoisotopic (exact) mass is 282 g/mol. The van der Waals surface area contributed by atoms with Crippen molar-refractivity contribution in [2.75, 3.05) is 11.9 Å². The summed E-state index contributed by atoms with van der Waals surface area (Å²) in [4.78, 5) is 16.9. The number of hydrogen-bond donors (Lipinski definition) is 1. The first-order valence-electron chi connectivity index (χ1n) is 5.64. The number of thiophene rings is 1. The second-order valence-electron chi connectivity index (χ2n) is 3.56. The van der Waals surface area contributed by atoms with Gasteiger partial charge in [0.05, 0.1) is 25.3 Å². The third-order valence-electron chi connectivity index (χ3n) is 2.18. The van der Waals surface area contributed by atoms with Crippen LogP contribution in [-0.4, -0.2) is 17.6 Å². The molecular weight excluding hydrogens is 268 g/mol. The first kappa shape index (κ1) is 13.0. The van der Waals surface area contributed by atoms with E-state index in [1.807, 2.05) is 16.8 Å². The van der Waals surface area contributed by atoms with Crippen molar-refractivity contribution in [1.29, 1.82) is 0 Å². The fourth-order valence-electron chi connectivity index (χ4n) is 1.41. The maximum atomic E-state index is 11.3. The number of carbonyl (C=O) groups is 1. The Morgan fingerprint density at radius 1 is 1.50 bits per heavy atom. The van der Waals surface area contributed by atoms with E-state index in [1.54, 1.807) is 18.3 Å². The van der Waals surface area contributed by atoms with Crippen molar-refractivity contribution >= 4 is 33.8 Å². The molecule has 2 rings (SSSR count). The van der Waals surface area contributed by atoms with Crippen molar-refractivity contribution in [3.63, 3.8) is 0 Å². The van der Waals surface area contributed by atoms with E-state index in [9.17, 15) is 4.79 Å². The van der Waals surface area contributed by atoms with Gasteiger partial charge < -0.3 is 10.1 Å². The number of aromatic nitrogens is 1. The van der Waals surface area contributed by atoms with Crippen LogP contribution in [0.5, 0.6) is 0 Å². The lowest BCUT2D eigenvalue weighted by atomic mass is 10.3. The molecule has 0 bridgehead atoms. The van der Waals surface area contributed by atoms with E-state index in [4.69, 9.17) is 4.74 Å². The first-order valence-corrected chi connectivity index (χ1v) is 7.40. The smallest absolute Gasteiger partial charge is 0.311 e.